The molecule has 0 spiro atoms. The van der Waals surface area contributed by atoms with Gasteiger partial charge in [-0.05, 0) is 44.5 Å². The van der Waals surface area contributed by atoms with Gasteiger partial charge in [-0.3, -0.25) is 5.10 Å². The molecule has 4 nitrogen and oxygen atoms in total. The van der Waals surface area contributed by atoms with Crippen LogP contribution < -0.4 is 10.2 Å². The number of hydrogen-bond donors (Lipinski definition) is 2. The first-order chi connectivity index (χ1) is 8.99. The summed E-state index contributed by atoms with van der Waals surface area (Å²) < 4.78 is 0. The van der Waals surface area contributed by atoms with Gasteiger partial charge >= 0.3 is 0 Å². The highest BCUT2D eigenvalue weighted by Gasteiger charge is 2.07. The maximum Gasteiger partial charge on any atom is 0.0643 e. The van der Waals surface area contributed by atoms with E-state index in [1.54, 1.807) is 0 Å². The van der Waals surface area contributed by atoms with Crippen LogP contribution in [-0.4, -0.2) is 24.3 Å². The zero-order chi connectivity index (χ0) is 14.0. The second kappa shape index (κ2) is 5.34. The van der Waals surface area contributed by atoms with Gasteiger partial charge in [-0.15, -0.1) is 0 Å². The predicted molar refractivity (Wildman–Crippen MR) is 80.9 cm³/mol. The standard InChI is InChI=1S/C15H22N4/c1-10-8-13(19(4)5)6-7-15(10)16-9-14-11(2)17-18-12(14)3/h6-8,16H,9H2,1-5H3,(H,17,18). The monoisotopic (exact) mass is 258 g/mol. The highest BCUT2D eigenvalue weighted by molar-refractivity contribution is 5.60. The van der Waals surface area contributed by atoms with Gasteiger partial charge in [0.1, 0.15) is 0 Å². The molecule has 0 radical (unpaired) electrons. The van der Waals surface area contributed by atoms with Gasteiger partial charge in [-0.1, -0.05) is 0 Å². The molecule has 0 aliphatic carbocycles. The smallest absolute Gasteiger partial charge is 0.0643 e. The minimum absolute atomic E-state index is 0.802. The maximum atomic E-state index is 4.22. The van der Waals surface area contributed by atoms with Crippen molar-refractivity contribution in [2.24, 2.45) is 0 Å². The van der Waals surface area contributed by atoms with Gasteiger partial charge in [-0.2, -0.15) is 5.10 Å². The van der Waals surface area contributed by atoms with Crippen molar-refractivity contribution in [2.45, 2.75) is 27.3 Å². The van der Waals surface area contributed by atoms with Crippen LogP contribution in [0.25, 0.3) is 0 Å². The second-order valence-electron chi connectivity index (χ2n) is 5.16. The van der Waals surface area contributed by atoms with Crippen LogP contribution >= 0.6 is 0 Å². The van der Waals surface area contributed by atoms with Crippen molar-refractivity contribution < 1.29 is 0 Å². The number of aromatic nitrogens is 2. The highest BCUT2D eigenvalue weighted by atomic mass is 15.1. The molecule has 4 heteroatoms. The third kappa shape index (κ3) is 2.89. The van der Waals surface area contributed by atoms with Crippen molar-refractivity contribution in [2.75, 3.05) is 24.3 Å². The van der Waals surface area contributed by atoms with Gasteiger partial charge in [-0.25, -0.2) is 0 Å². The summed E-state index contributed by atoms with van der Waals surface area (Å²) in [6.07, 6.45) is 0. The quantitative estimate of drug-likeness (QED) is 0.886. The summed E-state index contributed by atoms with van der Waals surface area (Å²) in [7, 11) is 4.11. The molecule has 0 atom stereocenters. The molecule has 1 aromatic carbocycles. The molecule has 0 saturated heterocycles. The molecule has 0 amide bonds. The fraction of sp³-hybridized carbons (Fsp3) is 0.400. The van der Waals surface area contributed by atoms with Crippen LogP contribution in [0.15, 0.2) is 18.2 Å². The van der Waals surface area contributed by atoms with Crippen LogP contribution in [0.3, 0.4) is 0 Å². The van der Waals surface area contributed by atoms with Gasteiger partial charge in [0, 0.05) is 43.3 Å². The van der Waals surface area contributed by atoms with Crippen LogP contribution in [0.5, 0.6) is 0 Å². The van der Waals surface area contributed by atoms with Crippen LogP contribution in [-0.2, 0) is 6.54 Å². The number of aromatic amines is 1. The lowest BCUT2D eigenvalue weighted by Gasteiger charge is -2.16. The Morgan fingerprint density at radius 3 is 2.47 bits per heavy atom. The van der Waals surface area contributed by atoms with Crippen molar-refractivity contribution in [1.29, 1.82) is 0 Å². The molecule has 2 N–H and O–H groups in total. The molecule has 1 aromatic heterocycles. The Balaban J connectivity index is 2.12. The predicted octanol–water partition coefficient (Wildman–Crippen LogP) is 3.01. The number of rotatable bonds is 4. The molecule has 0 bridgehead atoms. The molecule has 2 rings (SSSR count). The zero-order valence-electron chi connectivity index (χ0n) is 12.3. The molecule has 2 aromatic rings. The molecule has 0 unspecified atom stereocenters. The number of aryl methyl sites for hydroxylation is 3. The number of benzene rings is 1. The van der Waals surface area contributed by atoms with Crippen LogP contribution in [0.2, 0.25) is 0 Å². The molecule has 1 heterocycles. The number of anilines is 2. The van der Waals surface area contributed by atoms with E-state index in [1.807, 2.05) is 6.92 Å². The van der Waals surface area contributed by atoms with E-state index in [1.165, 1.54) is 22.5 Å². The first-order valence-corrected chi connectivity index (χ1v) is 6.51. The lowest BCUT2D eigenvalue weighted by atomic mass is 10.1. The lowest BCUT2D eigenvalue weighted by Crippen LogP contribution is -2.09. The fourth-order valence-electron chi connectivity index (χ4n) is 2.14. The van der Waals surface area contributed by atoms with E-state index in [0.29, 0.717) is 0 Å². The van der Waals surface area contributed by atoms with Crippen molar-refractivity contribution in [3.05, 3.63) is 40.7 Å². The molecule has 0 fully saturated rings. The van der Waals surface area contributed by atoms with E-state index in [-0.39, 0.29) is 0 Å². The Hall–Kier alpha value is -1.97. The van der Waals surface area contributed by atoms with Gasteiger partial charge in [0.25, 0.3) is 0 Å². The van der Waals surface area contributed by atoms with E-state index in [9.17, 15) is 0 Å². The number of nitrogens with one attached hydrogen (secondary N) is 2. The van der Waals surface area contributed by atoms with Gasteiger partial charge in [0.05, 0.1) is 5.69 Å². The Morgan fingerprint density at radius 1 is 1.21 bits per heavy atom. The first-order valence-electron chi connectivity index (χ1n) is 6.51. The third-order valence-electron chi connectivity index (χ3n) is 3.46. The van der Waals surface area contributed by atoms with Crippen LogP contribution in [0.4, 0.5) is 11.4 Å². The summed E-state index contributed by atoms with van der Waals surface area (Å²) in [5.74, 6) is 0. The Kier molecular flexibility index (Phi) is 3.79. The topological polar surface area (TPSA) is 44.0 Å². The number of hydrogen-bond acceptors (Lipinski definition) is 3. The van der Waals surface area contributed by atoms with Crippen molar-refractivity contribution in [3.8, 4) is 0 Å². The first kappa shape index (κ1) is 13.5. The molecular weight excluding hydrogens is 236 g/mol. The minimum Gasteiger partial charge on any atom is -0.381 e. The normalized spacial score (nSPS) is 10.6. The molecule has 0 aliphatic heterocycles. The van der Waals surface area contributed by atoms with Gasteiger partial charge in [0.15, 0.2) is 0 Å². The minimum atomic E-state index is 0.802. The zero-order valence-corrected chi connectivity index (χ0v) is 12.3. The lowest BCUT2D eigenvalue weighted by molar-refractivity contribution is 1.02. The van der Waals surface area contributed by atoms with Crippen molar-refractivity contribution >= 4 is 11.4 Å². The number of H-pyrrole nitrogens is 1. The Bertz CT molecular complexity index is 550. The summed E-state index contributed by atoms with van der Waals surface area (Å²) in [5.41, 5.74) is 7.09. The summed E-state index contributed by atoms with van der Waals surface area (Å²) in [6.45, 7) is 7.02. The summed E-state index contributed by atoms with van der Waals surface area (Å²) in [4.78, 5) is 2.11. The maximum absolute atomic E-state index is 4.22. The van der Waals surface area contributed by atoms with E-state index in [0.717, 1.165) is 17.9 Å². The van der Waals surface area contributed by atoms with Crippen molar-refractivity contribution in [3.63, 3.8) is 0 Å². The number of nitrogens with zero attached hydrogens (tertiary/aromatic N) is 2. The summed E-state index contributed by atoms with van der Waals surface area (Å²) in [5, 5.41) is 10.7. The van der Waals surface area contributed by atoms with Gasteiger partial charge < -0.3 is 10.2 Å². The molecular formula is C15H22N4. The van der Waals surface area contributed by atoms with Crippen LogP contribution in [0, 0.1) is 20.8 Å². The van der Waals surface area contributed by atoms with E-state index in [4.69, 9.17) is 0 Å². The summed E-state index contributed by atoms with van der Waals surface area (Å²) in [6, 6.07) is 6.46. The van der Waals surface area contributed by atoms with E-state index < -0.39 is 0 Å². The SMILES string of the molecule is Cc1cc(N(C)C)ccc1NCc1c(C)n[nH]c1C. The average Bonchev–Trinajstić information content (AvgIpc) is 2.68. The summed E-state index contributed by atoms with van der Waals surface area (Å²) >= 11 is 0. The Labute approximate surface area is 114 Å². The van der Waals surface area contributed by atoms with E-state index >= 15 is 0 Å². The van der Waals surface area contributed by atoms with Gasteiger partial charge in [0.2, 0.25) is 0 Å². The van der Waals surface area contributed by atoms with Crippen LogP contribution in [0.1, 0.15) is 22.5 Å². The molecule has 102 valence electrons. The largest absolute Gasteiger partial charge is 0.381 e. The third-order valence-corrected chi connectivity index (χ3v) is 3.46. The Morgan fingerprint density at radius 2 is 1.95 bits per heavy atom. The van der Waals surface area contributed by atoms with E-state index in [2.05, 4.69) is 66.6 Å². The average molecular weight is 258 g/mol. The highest BCUT2D eigenvalue weighted by Crippen LogP contribution is 2.22. The molecule has 19 heavy (non-hydrogen) atoms. The fourth-order valence-corrected chi connectivity index (χ4v) is 2.14. The molecule has 0 saturated carbocycles. The second-order valence-corrected chi connectivity index (χ2v) is 5.16. The molecule has 0 aliphatic rings. The van der Waals surface area contributed by atoms with Crippen molar-refractivity contribution in [1.82, 2.24) is 10.2 Å².